The molecule has 1 aromatic rings. The predicted molar refractivity (Wildman–Crippen MR) is 62.5 cm³/mol. The second-order valence-corrected chi connectivity index (χ2v) is 4.39. The second kappa shape index (κ2) is 4.66. The SMILES string of the molecule is C[C@@H](CO)NC(=O)c1ccc2c(c1)CCC2. The lowest BCUT2D eigenvalue weighted by molar-refractivity contribution is 0.0922. The Kier molecular flexibility index (Phi) is 3.25. The van der Waals surface area contributed by atoms with Crippen LogP contribution < -0.4 is 5.32 Å². The number of nitrogens with one attached hydrogen (secondary N) is 1. The van der Waals surface area contributed by atoms with Gasteiger partial charge < -0.3 is 10.4 Å². The summed E-state index contributed by atoms with van der Waals surface area (Å²) in [6.45, 7) is 1.75. The Morgan fingerprint density at radius 1 is 1.44 bits per heavy atom. The molecule has 0 aliphatic heterocycles. The van der Waals surface area contributed by atoms with Crippen molar-refractivity contribution in [3.63, 3.8) is 0 Å². The number of aliphatic hydroxyl groups excluding tert-OH is 1. The van der Waals surface area contributed by atoms with E-state index in [0.29, 0.717) is 5.56 Å². The number of aryl methyl sites for hydroxylation is 2. The summed E-state index contributed by atoms with van der Waals surface area (Å²) in [6.07, 6.45) is 3.39. The molecule has 0 saturated heterocycles. The molecular weight excluding hydrogens is 202 g/mol. The van der Waals surface area contributed by atoms with E-state index in [1.807, 2.05) is 18.2 Å². The Hall–Kier alpha value is -1.35. The number of hydrogen-bond donors (Lipinski definition) is 2. The molecule has 0 radical (unpaired) electrons. The fraction of sp³-hybridized carbons (Fsp3) is 0.462. The van der Waals surface area contributed by atoms with E-state index < -0.39 is 0 Å². The van der Waals surface area contributed by atoms with Crippen molar-refractivity contribution >= 4 is 5.91 Å². The van der Waals surface area contributed by atoms with Crippen LogP contribution in [0.25, 0.3) is 0 Å². The van der Waals surface area contributed by atoms with Gasteiger partial charge in [0.05, 0.1) is 6.61 Å². The highest BCUT2D eigenvalue weighted by molar-refractivity contribution is 5.94. The van der Waals surface area contributed by atoms with E-state index in [2.05, 4.69) is 5.32 Å². The molecule has 16 heavy (non-hydrogen) atoms. The van der Waals surface area contributed by atoms with Gasteiger partial charge in [-0.25, -0.2) is 0 Å². The van der Waals surface area contributed by atoms with Gasteiger partial charge >= 0.3 is 0 Å². The molecule has 0 fully saturated rings. The van der Waals surface area contributed by atoms with Crippen molar-refractivity contribution in [1.29, 1.82) is 0 Å². The van der Waals surface area contributed by atoms with Crippen molar-refractivity contribution in [3.8, 4) is 0 Å². The molecule has 1 amide bonds. The number of hydrogen-bond acceptors (Lipinski definition) is 2. The van der Waals surface area contributed by atoms with E-state index in [1.54, 1.807) is 6.92 Å². The molecule has 0 heterocycles. The summed E-state index contributed by atoms with van der Waals surface area (Å²) in [5.74, 6) is -0.101. The molecule has 1 aliphatic carbocycles. The second-order valence-electron chi connectivity index (χ2n) is 4.39. The van der Waals surface area contributed by atoms with Crippen LogP contribution in [0.2, 0.25) is 0 Å². The average Bonchev–Trinajstić information content (AvgIpc) is 2.75. The van der Waals surface area contributed by atoms with Crippen LogP contribution in [0.4, 0.5) is 0 Å². The molecule has 0 unspecified atom stereocenters. The molecule has 3 heteroatoms. The molecule has 1 aromatic carbocycles. The molecule has 2 rings (SSSR count). The van der Waals surface area contributed by atoms with Crippen LogP contribution in [0.1, 0.15) is 34.8 Å². The summed E-state index contributed by atoms with van der Waals surface area (Å²) in [5, 5.41) is 11.6. The molecule has 3 nitrogen and oxygen atoms in total. The summed E-state index contributed by atoms with van der Waals surface area (Å²) in [7, 11) is 0. The van der Waals surface area contributed by atoms with Crippen molar-refractivity contribution in [2.75, 3.05) is 6.61 Å². The highest BCUT2D eigenvalue weighted by Crippen LogP contribution is 2.22. The number of aliphatic hydroxyl groups is 1. The minimum absolute atomic E-state index is 0.0311. The quantitative estimate of drug-likeness (QED) is 0.804. The first kappa shape index (κ1) is 11.1. The third kappa shape index (κ3) is 2.25. The lowest BCUT2D eigenvalue weighted by atomic mass is 10.1. The number of carbonyl (C=O) groups is 1. The van der Waals surface area contributed by atoms with Crippen molar-refractivity contribution in [1.82, 2.24) is 5.32 Å². The Morgan fingerprint density at radius 2 is 2.19 bits per heavy atom. The molecule has 0 saturated carbocycles. The molecule has 0 spiro atoms. The zero-order valence-corrected chi connectivity index (χ0v) is 9.49. The van der Waals surface area contributed by atoms with Gasteiger partial charge in [-0.15, -0.1) is 0 Å². The molecular formula is C13H17NO2. The first-order chi connectivity index (χ1) is 7.70. The Bertz CT molecular complexity index is 401. The topological polar surface area (TPSA) is 49.3 Å². The zero-order chi connectivity index (χ0) is 11.5. The summed E-state index contributed by atoms with van der Waals surface area (Å²) < 4.78 is 0. The van der Waals surface area contributed by atoms with Gasteiger partial charge in [0.2, 0.25) is 0 Å². The first-order valence-electron chi connectivity index (χ1n) is 5.74. The highest BCUT2D eigenvalue weighted by atomic mass is 16.3. The van der Waals surface area contributed by atoms with Crippen LogP contribution in [0.5, 0.6) is 0 Å². The van der Waals surface area contributed by atoms with Crippen molar-refractivity contribution in [3.05, 3.63) is 34.9 Å². The maximum Gasteiger partial charge on any atom is 0.251 e. The van der Waals surface area contributed by atoms with E-state index in [4.69, 9.17) is 5.11 Å². The van der Waals surface area contributed by atoms with Gasteiger partial charge in [-0.2, -0.15) is 0 Å². The van der Waals surface area contributed by atoms with Gasteiger partial charge in [0.15, 0.2) is 0 Å². The van der Waals surface area contributed by atoms with Crippen LogP contribution in [0.15, 0.2) is 18.2 Å². The highest BCUT2D eigenvalue weighted by Gasteiger charge is 2.14. The smallest absolute Gasteiger partial charge is 0.251 e. The fourth-order valence-corrected chi connectivity index (χ4v) is 2.07. The number of carbonyl (C=O) groups excluding carboxylic acids is 1. The van der Waals surface area contributed by atoms with Crippen LogP contribution in [-0.2, 0) is 12.8 Å². The molecule has 2 N–H and O–H groups in total. The van der Waals surface area contributed by atoms with Crippen molar-refractivity contribution in [2.24, 2.45) is 0 Å². The predicted octanol–water partition coefficient (Wildman–Crippen LogP) is 1.29. The number of amides is 1. The molecule has 1 atom stereocenters. The minimum Gasteiger partial charge on any atom is -0.394 e. The van der Waals surface area contributed by atoms with E-state index in [-0.39, 0.29) is 18.6 Å². The Morgan fingerprint density at radius 3 is 2.94 bits per heavy atom. The van der Waals surface area contributed by atoms with E-state index >= 15 is 0 Å². The van der Waals surface area contributed by atoms with Crippen LogP contribution >= 0.6 is 0 Å². The van der Waals surface area contributed by atoms with Gasteiger partial charge in [-0.3, -0.25) is 4.79 Å². The summed E-state index contributed by atoms with van der Waals surface area (Å²) in [5.41, 5.74) is 3.36. The summed E-state index contributed by atoms with van der Waals surface area (Å²) in [4.78, 5) is 11.8. The zero-order valence-electron chi connectivity index (χ0n) is 9.49. The van der Waals surface area contributed by atoms with Gasteiger partial charge in [-0.05, 0) is 49.4 Å². The number of benzene rings is 1. The normalized spacial score (nSPS) is 15.6. The molecule has 86 valence electrons. The lowest BCUT2D eigenvalue weighted by Gasteiger charge is -2.11. The molecule has 1 aliphatic rings. The van der Waals surface area contributed by atoms with Crippen LogP contribution in [0, 0.1) is 0 Å². The van der Waals surface area contributed by atoms with Crippen molar-refractivity contribution < 1.29 is 9.90 Å². The van der Waals surface area contributed by atoms with E-state index in [9.17, 15) is 4.79 Å². The van der Waals surface area contributed by atoms with E-state index in [1.165, 1.54) is 17.5 Å². The first-order valence-corrected chi connectivity index (χ1v) is 5.74. The van der Waals surface area contributed by atoms with E-state index in [0.717, 1.165) is 12.8 Å². The van der Waals surface area contributed by atoms with Gasteiger partial charge in [0.1, 0.15) is 0 Å². The van der Waals surface area contributed by atoms with Gasteiger partial charge in [-0.1, -0.05) is 6.07 Å². The van der Waals surface area contributed by atoms with Crippen molar-refractivity contribution in [2.45, 2.75) is 32.2 Å². The van der Waals surface area contributed by atoms with Gasteiger partial charge in [0, 0.05) is 11.6 Å². The third-order valence-corrected chi connectivity index (χ3v) is 3.01. The maximum atomic E-state index is 11.8. The van der Waals surface area contributed by atoms with Crippen LogP contribution in [-0.4, -0.2) is 23.7 Å². The number of fused-ring (bicyclic) bond motifs is 1. The Labute approximate surface area is 95.5 Å². The summed E-state index contributed by atoms with van der Waals surface area (Å²) >= 11 is 0. The minimum atomic E-state index is -0.194. The maximum absolute atomic E-state index is 11.8. The average molecular weight is 219 g/mol. The lowest BCUT2D eigenvalue weighted by Crippen LogP contribution is -2.35. The monoisotopic (exact) mass is 219 g/mol. The standard InChI is InChI=1S/C13H17NO2/c1-9(8-15)14-13(16)12-6-5-10-3-2-4-11(10)7-12/h5-7,9,15H,2-4,8H2,1H3,(H,14,16)/t9-/m0/s1. The fourth-order valence-electron chi connectivity index (χ4n) is 2.07. The molecule has 0 aromatic heterocycles. The molecule has 0 bridgehead atoms. The summed E-state index contributed by atoms with van der Waals surface area (Å²) in [6, 6.07) is 5.69. The van der Waals surface area contributed by atoms with Gasteiger partial charge in [0.25, 0.3) is 5.91 Å². The third-order valence-electron chi connectivity index (χ3n) is 3.01. The Balaban J connectivity index is 2.12. The largest absolute Gasteiger partial charge is 0.394 e. The number of rotatable bonds is 3. The van der Waals surface area contributed by atoms with Crippen LogP contribution in [0.3, 0.4) is 0 Å².